The highest BCUT2D eigenvalue weighted by Gasteiger charge is 2.26. The number of benzene rings is 1. The summed E-state index contributed by atoms with van der Waals surface area (Å²) < 4.78 is 7.31. The van der Waals surface area contributed by atoms with Gasteiger partial charge in [0.25, 0.3) is 5.91 Å². The van der Waals surface area contributed by atoms with Crippen molar-refractivity contribution < 1.29 is 19.4 Å². The van der Waals surface area contributed by atoms with E-state index in [-0.39, 0.29) is 19.1 Å². The van der Waals surface area contributed by atoms with Crippen molar-refractivity contribution in [2.45, 2.75) is 33.4 Å². The van der Waals surface area contributed by atoms with E-state index >= 15 is 0 Å². The number of rotatable bonds is 7. The van der Waals surface area contributed by atoms with E-state index in [1.54, 1.807) is 18.7 Å². The summed E-state index contributed by atoms with van der Waals surface area (Å²) in [6.07, 6.45) is 0. The van der Waals surface area contributed by atoms with Gasteiger partial charge in [-0.1, -0.05) is 30.3 Å². The summed E-state index contributed by atoms with van der Waals surface area (Å²) in [5.74, 6) is -0.891. The van der Waals surface area contributed by atoms with Crippen molar-refractivity contribution in [1.29, 1.82) is 0 Å². The number of amides is 1. The molecule has 1 atom stereocenters. The van der Waals surface area contributed by atoms with Crippen LogP contribution in [-0.4, -0.2) is 44.3 Å². The van der Waals surface area contributed by atoms with E-state index in [1.165, 1.54) is 11.8 Å². The fourth-order valence-corrected chi connectivity index (χ4v) is 2.53. The predicted octanol–water partition coefficient (Wildman–Crippen LogP) is 1.92. The topological polar surface area (TPSA) is 84.7 Å². The van der Waals surface area contributed by atoms with Crippen LogP contribution in [0, 0.1) is 13.8 Å². The number of hydrogen-bond donors (Lipinski definition) is 1. The fraction of sp³-hybridized carbons (Fsp3) is 0.389. The van der Waals surface area contributed by atoms with Crippen molar-refractivity contribution in [2.24, 2.45) is 7.05 Å². The lowest BCUT2D eigenvalue weighted by Gasteiger charge is -2.26. The molecule has 0 fully saturated rings. The highest BCUT2D eigenvalue weighted by Crippen LogP contribution is 2.21. The number of aryl methyl sites for hydroxylation is 2. The Morgan fingerprint density at radius 2 is 1.92 bits per heavy atom. The van der Waals surface area contributed by atoms with E-state index in [1.807, 2.05) is 37.3 Å². The summed E-state index contributed by atoms with van der Waals surface area (Å²) in [5, 5.41) is 13.5. The second kappa shape index (κ2) is 7.83. The minimum Gasteiger partial charge on any atom is -0.480 e. The smallest absolute Gasteiger partial charge is 0.326 e. The summed E-state index contributed by atoms with van der Waals surface area (Å²) in [7, 11) is 1.80. The van der Waals surface area contributed by atoms with Crippen LogP contribution in [0.4, 0.5) is 0 Å². The average Bonchev–Trinajstić information content (AvgIpc) is 2.83. The quantitative estimate of drug-likeness (QED) is 0.829. The molecule has 1 amide bonds. The molecule has 1 unspecified atom stereocenters. The first-order valence-electron chi connectivity index (χ1n) is 8.00. The van der Waals surface area contributed by atoms with E-state index in [4.69, 9.17) is 4.74 Å². The molecule has 0 spiro atoms. The van der Waals surface area contributed by atoms with E-state index in [2.05, 4.69) is 5.10 Å². The van der Waals surface area contributed by atoms with Gasteiger partial charge in [-0.25, -0.2) is 4.79 Å². The number of ether oxygens (including phenoxy) is 1. The maximum atomic E-state index is 12.6. The second-order valence-corrected chi connectivity index (χ2v) is 5.93. The molecular formula is C18H23N3O4. The number of carbonyl (C=O) groups excluding carboxylic acids is 1. The zero-order valence-corrected chi connectivity index (χ0v) is 14.9. The Bertz CT molecular complexity index is 755. The van der Waals surface area contributed by atoms with Crippen molar-refractivity contribution in [2.75, 3.05) is 6.61 Å². The SMILES string of the molecule is Cc1nn(C)c(C)c1OCC(=O)N(Cc1ccccc1)C(C)C(=O)O. The van der Waals surface area contributed by atoms with Crippen LogP contribution in [0.5, 0.6) is 5.75 Å². The molecule has 0 saturated carbocycles. The summed E-state index contributed by atoms with van der Waals surface area (Å²) in [4.78, 5) is 25.3. The highest BCUT2D eigenvalue weighted by molar-refractivity contribution is 5.84. The maximum absolute atomic E-state index is 12.6. The van der Waals surface area contributed by atoms with Gasteiger partial charge in [0.2, 0.25) is 0 Å². The number of aromatic nitrogens is 2. The van der Waals surface area contributed by atoms with Crippen molar-refractivity contribution in [1.82, 2.24) is 14.7 Å². The molecule has 1 N–H and O–H groups in total. The lowest BCUT2D eigenvalue weighted by Crippen LogP contribution is -2.44. The van der Waals surface area contributed by atoms with Gasteiger partial charge in [-0.3, -0.25) is 9.48 Å². The van der Waals surface area contributed by atoms with Gasteiger partial charge in [0, 0.05) is 13.6 Å². The third-order valence-electron chi connectivity index (χ3n) is 4.12. The Labute approximate surface area is 146 Å². The fourth-order valence-electron chi connectivity index (χ4n) is 2.53. The van der Waals surface area contributed by atoms with Crippen LogP contribution in [0.15, 0.2) is 30.3 Å². The van der Waals surface area contributed by atoms with Gasteiger partial charge < -0.3 is 14.7 Å². The standard InChI is InChI=1S/C18H23N3O4/c1-12-17(13(2)20(4)19-12)25-11-16(22)21(14(3)18(23)24)10-15-8-6-5-7-9-15/h5-9,14H,10-11H2,1-4H3,(H,23,24). The second-order valence-electron chi connectivity index (χ2n) is 5.93. The highest BCUT2D eigenvalue weighted by atomic mass is 16.5. The van der Waals surface area contributed by atoms with Gasteiger partial charge in [0.1, 0.15) is 11.7 Å². The molecule has 1 heterocycles. The normalized spacial score (nSPS) is 11.8. The zero-order chi connectivity index (χ0) is 18.6. The van der Waals surface area contributed by atoms with Crippen LogP contribution in [0.3, 0.4) is 0 Å². The Balaban J connectivity index is 2.13. The summed E-state index contributed by atoms with van der Waals surface area (Å²) >= 11 is 0. The van der Waals surface area contributed by atoms with Gasteiger partial charge in [0.05, 0.1) is 5.69 Å². The minimum absolute atomic E-state index is 0.210. The summed E-state index contributed by atoms with van der Waals surface area (Å²) in [5.41, 5.74) is 2.36. The molecule has 0 saturated heterocycles. The molecule has 2 aromatic rings. The third-order valence-corrected chi connectivity index (χ3v) is 4.12. The molecule has 134 valence electrons. The molecular weight excluding hydrogens is 322 g/mol. The minimum atomic E-state index is -1.06. The lowest BCUT2D eigenvalue weighted by atomic mass is 10.2. The zero-order valence-electron chi connectivity index (χ0n) is 14.9. The van der Waals surface area contributed by atoms with Crippen LogP contribution in [-0.2, 0) is 23.2 Å². The number of carbonyl (C=O) groups is 2. The van der Waals surface area contributed by atoms with Gasteiger partial charge in [-0.2, -0.15) is 5.10 Å². The van der Waals surface area contributed by atoms with E-state index in [0.29, 0.717) is 11.4 Å². The average molecular weight is 345 g/mol. The molecule has 0 radical (unpaired) electrons. The first-order chi connectivity index (χ1) is 11.8. The van der Waals surface area contributed by atoms with Crippen molar-refractivity contribution in [3.63, 3.8) is 0 Å². The van der Waals surface area contributed by atoms with Gasteiger partial charge in [-0.05, 0) is 26.3 Å². The van der Waals surface area contributed by atoms with Gasteiger partial charge >= 0.3 is 5.97 Å². The molecule has 2 rings (SSSR count). The summed E-state index contributed by atoms with van der Waals surface area (Å²) in [6.45, 7) is 5.11. The number of hydrogen-bond acceptors (Lipinski definition) is 4. The molecule has 1 aromatic heterocycles. The summed E-state index contributed by atoms with van der Waals surface area (Å²) in [6, 6.07) is 8.32. The van der Waals surface area contributed by atoms with Crippen molar-refractivity contribution in [3.05, 3.63) is 47.3 Å². The van der Waals surface area contributed by atoms with E-state index in [9.17, 15) is 14.7 Å². The Morgan fingerprint density at radius 1 is 1.28 bits per heavy atom. The molecule has 0 bridgehead atoms. The van der Waals surface area contributed by atoms with E-state index < -0.39 is 12.0 Å². The van der Waals surface area contributed by atoms with Crippen LogP contribution >= 0.6 is 0 Å². The molecule has 0 aliphatic carbocycles. The molecule has 1 aromatic carbocycles. The molecule has 0 aliphatic rings. The number of carboxylic acid groups (broad SMARTS) is 1. The predicted molar refractivity (Wildman–Crippen MR) is 92.3 cm³/mol. The monoisotopic (exact) mass is 345 g/mol. The Kier molecular flexibility index (Phi) is 5.80. The maximum Gasteiger partial charge on any atom is 0.326 e. The molecule has 7 heteroatoms. The number of nitrogens with zero attached hydrogens (tertiary/aromatic N) is 3. The first kappa shape index (κ1) is 18.5. The van der Waals surface area contributed by atoms with E-state index in [0.717, 1.165) is 11.3 Å². The molecule has 7 nitrogen and oxygen atoms in total. The van der Waals surface area contributed by atoms with Crippen molar-refractivity contribution >= 4 is 11.9 Å². The van der Waals surface area contributed by atoms with Gasteiger partial charge in [-0.15, -0.1) is 0 Å². The van der Waals surface area contributed by atoms with Crippen LogP contribution in [0.2, 0.25) is 0 Å². The van der Waals surface area contributed by atoms with Crippen LogP contribution < -0.4 is 4.74 Å². The lowest BCUT2D eigenvalue weighted by molar-refractivity contribution is -0.150. The Hall–Kier alpha value is -2.83. The number of aliphatic carboxylic acids is 1. The third kappa shape index (κ3) is 4.37. The van der Waals surface area contributed by atoms with Gasteiger partial charge in [0.15, 0.2) is 12.4 Å². The van der Waals surface area contributed by atoms with Crippen molar-refractivity contribution in [3.8, 4) is 5.75 Å². The number of carboxylic acids is 1. The molecule has 0 aliphatic heterocycles. The Morgan fingerprint density at radius 3 is 2.44 bits per heavy atom. The largest absolute Gasteiger partial charge is 0.480 e. The first-order valence-corrected chi connectivity index (χ1v) is 8.00. The van der Waals surface area contributed by atoms with Crippen LogP contribution in [0.1, 0.15) is 23.9 Å². The van der Waals surface area contributed by atoms with Crippen LogP contribution in [0.25, 0.3) is 0 Å². The molecule has 25 heavy (non-hydrogen) atoms.